The largest absolute Gasteiger partial charge is 2.00 e. The van der Waals surface area contributed by atoms with Crippen LogP contribution in [-0.2, 0) is 62.0 Å². The Balaban J connectivity index is 0.000000132. The molecule has 6 aromatic heterocycles. The van der Waals surface area contributed by atoms with Gasteiger partial charge < -0.3 is 26.5 Å². The van der Waals surface area contributed by atoms with Gasteiger partial charge in [0.05, 0.1) is 17.4 Å². The van der Waals surface area contributed by atoms with E-state index in [0.29, 0.717) is 0 Å². The number of hydrogen-bond acceptors (Lipinski definition) is 9. The Morgan fingerprint density at radius 2 is 0.867 bits per heavy atom. The molecule has 0 aliphatic rings. The van der Waals surface area contributed by atoms with E-state index in [1.54, 1.807) is 15.6 Å². The minimum atomic E-state index is -3.29. The summed E-state index contributed by atoms with van der Waals surface area (Å²) in [6.07, 6.45) is 8.20. The van der Waals surface area contributed by atoms with Crippen molar-refractivity contribution in [3.8, 4) is 45.5 Å². The third-order valence-corrected chi connectivity index (χ3v) is 24.3. The summed E-state index contributed by atoms with van der Waals surface area (Å²) in [6, 6.07) is 110. The minimum absolute atomic E-state index is 0. The Morgan fingerprint density at radius 3 is 1.37 bits per heavy atom. The first-order valence-corrected chi connectivity index (χ1v) is 40.0. The zero-order valence-corrected chi connectivity index (χ0v) is 70.8. The summed E-state index contributed by atoms with van der Waals surface area (Å²) < 4.78 is 31.3. The Bertz CT molecular complexity index is 6230. The molecule has 6 heterocycles. The molecule has 0 unspecified atom stereocenters. The standard InChI is InChI=1S/C38H23OP.C27H32N6.C12H10O.C11H8N.C10H9NO.Al.Ir.Pt/c39-40(30-10-2-1-3-11-30,33-22-18-28-14-12-24-6-4-8-26-16-20-31(33)37(28)35(24)26)34-23-19-29-15-13-25-7-5-9-27-17-21-32(34)38(29)36(25)27;1-25(2,3)19-15-17-32(30-19)23-13-9-11-21(28-23)27(7,8)22-12-10-14-24(29-22)33-18-16-20(31-33)26(4,5)6;13-12-8-6-11(7-9-12)10-4-2-1-3-5-10;1-2-6-10(7-3-1)11-8-4-5-9-12-11;1-7-5-6-8-3-2-4-9(12)10(8)11-7;;;/h1-23H;9-16H,1-8H3;1-9,13H;1-6,8-9H;2-6,12H,1H3;;;/q;-2;;-1;;+2;;+2/p-2. The molecular formula is C98H80AlIrN8O3PPt-. The number of aryl methyl sites for hydroxylation is 1. The molecule has 15 heteroatoms. The summed E-state index contributed by atoms with van der Waals surface area (Å²) >= 11 is -0.665. The second-order valence-electron chi connectivity index (χ2n) is 30.3. The van der Waals surface area contributed by atoms with Gasteiger partial charge in [-0.15, -0.1) is 48.0 Å². The van der Waals surface area contributed by atoms with Crippen LogP contribution in [0.5, 0.6) is 11.5 Å². The van der Waals surface area contributed by atoms with Gasteiger partial charge in [0.2, 0.25) is 0 Å². The average molecular weight is 1860 g/mol. The van der Waals surface area contributed by atoms with E-state index in [1.807, 2.05) is 183 Å². The van der Waals surface area contributed by atoms with Crippen LogP contribution >= 0.6 is 7.14 Å². The van der Waals surface area contributed by atoms with Crippen LogP contribution in [0.25, 0.3) is 110 Å². The number of nitrogens with zero attached hydrogens (tertiary/aromatic N) is 8. The predicted molar refractivity (Wildman–Crippen MR) is 457 cm³/mol. The Kier molecular flexibility index (Phi) is 23.2. The number of rotatable bonds is 13. The molecule has 11 nitrogen and oxygen atoms in total. The molecule has 558 valence electrons. The predicted octanol–water partition coefficient (Wildman–Crippen LogP) is 22.2. The van der Waals surface area contributed by atoms with E-state index < -0.39 is 28.4 Å². The van der Waals surface area contributed by atoms with Crippen LogP contribution in [-0.4, -0.2) is 55.4 Å². The smallest absolute Gasteiger partial charge is 0.616 e. The minimum Gasteiger partial charge on any atom is -0.616 e. The second kappa shape index (κ2) is 33.3. The van der Waals surface area contributed by atoms with Crippen LogP contribution in [0.15, 0.2) is 322 Å². The number of aromatic nitrogens is 8. The van der Waals surface area contributed by atoms with E-state index in [2.05, 4.69) is 223 Å². The normalized spacial score (nSPS) is 11.7. The Hall–Kier alpha value is -11.1. The molecular weight excluding hydrogens is 1780 g/mol. The average Bonchev–Trinajstić information content (AvgIpc) is 0.929. The summed E-state index contributed by atoms with van der Waals surface area (Å²) in [4.78, 5) is 18.6. The van der Waals surface area contributed by atoms with Crippen LogP contribution in [0.2, 0.25) is 0 Å². The third kappa shape index (κ3) is 16.3. The van der Waals surface area contributed by atoms with Gasteiger partial charge in [-0.1, -0.05) is 278 Å². The van der Waals surface area contributed by atoms with Crippen molar-refractivity contribution in [1.82, 2.24) is 39.5 Å². The molecule has 0 bridgehead atoms. The number of fused-ring (bicyclic) bond motifs is 1. The quantitative estimate of drug-likeness (QED) is 0.0480. The van der Waals surface area contributed by atoms with Gasteiger partial charge in [-0.05, 0) is 179 Å². The van der Waals surface area contributed by atoms with E-state index in [1.165, 1.54) is 65.0 Å². The fraction of sp³-hybridized carbons (Fsp3) is 0.122. The van der Waals surface area contributed by atoms with Crippen molar-refractivity contribution in [3.05, 3.63) is 369 Å². The molecule has 0 atom stereocenters. The third-order valence-electron chi connectivity index (χ3n) is 20.4. The van der Waals surface area contributed by atoms with E-state index in [9.17, 15) is 0 Å². The molecule has 2 radical (unpaired) electrons. The molecule has 0 aliphatic carbocycles. The van der Waals surface area contributed by atoms with Crippen LogP contribution in [0, 0.1) is 25.4 Å². The zero-order valence-electron chi connectivity index (χ0n) is 64.1. The molecule has 19 rings (SSSR count). The van der Waals surface area contributed by atoms with Crippen LogP contribution in [0.3, 0.4) is 0 Å². The molecule has 13 aromatic carbocycles. The van der Waals surface area contributed by atoms with Crippen molar-refractivity contribution in [2.75, 3.05) is 0 Å². The SMILES string of the molecule is CC(C)(C)c1c[c-]n(-c2cccc(C(C)(C)c3cccc(-n4[c-]cc(C(C)(C)C)n4)n3)n2)n1.Cc1ccc2cccc([O][Al][O]c3ccc(-c4ccccc4)cc3)c2n1.O=P(c1ccccc1)(c1ccc2ccc3cccc4ccc1c2c34)c1ccc2ccc3cccc4ccc1c2c34.[Ir].[Pt+2].[c-]1ccccc1-c1ccccn1. The maximum atomic E-state index is 16.1. The molecule has 0 amide bonds. The summed E-state index contributed by atoms with van der Waals surface area (Å²) in [5, 5.41) is 27.3. The van der Waals surface area contributed by atoms with Gasteiger partial charge in [0.25, 0.3) is 0 Å². The van der Waals surface area contributed by atoms with E-state index in [4.69, 9.17) is 27.7 Å². The first kappa shape index (κ1) is 78.6. The number of pyridine rings is 4. The summed E-state index contributed by atoms with van der Waals surface area (Å²) in [5.74, 6) is 3.05. The second-order valence-corrected chi connectivity index (χ2v) is 33.7. The summed E-state index contributed by atoms with van der Waals surface area (Å²) in [7, 11) is -3.29. The molecule has 0 saturated carbocycles. The van der Waals surface area contributed by atoms with Gasteiger partial charge >= 0.3 is 37.0 Å². The van der Waals surface area contributed by atoms with Gasteiger partial charge in [-0.2, -0.15) is 0 Å². The van der Waals surface area contributed by atoms with Gasteiger partial charge in [0, 0.05) is 70.1 Å². The number of para-hydroxylation sites is 1. The fourth-order valence-electron chi connectivity index (χ4n) is 14.4. The Labute approximate surface area is 694 Å². The van der Waals surface area contributed by atoms with Crippen LogP contribution in [0.4, 0.5) is 0 Å². The van der Waals surface area contributed by atoms with Crippen molar-refractivity contribution in [3.63, 3.8) is 0 Å². The maximum Gasteiger partial charge on any atom is 2.00 e. The summed E-state index contributed by atoms with van der Waals surface area (Å²) in [6.45, 7) is 19.1. The molecule has 19 aromatic rings. The number of benzene rings is 13. The van der Waals surface area contributed by atoms with E-state index in [0.717, 1.165) is 100 Å². The Morgan fingerprint density at radius 1 is 0.407 bits per heavy atom. The van der Waals surface area contributed by atoms with Gasteiger partial charge in [0.15, 0.2) is 7.14 Å². The monoisotopic (exact) mass is 1860 g/mol. The van der Waals surface area contributed by atoms with Crippen molar-refractivity contribution < 1.29 is 53.3 Å². The zero-order chi connectivity index (χ0) is 76.4. The van der Waals surface area contributed by atoms with Crippen LogP contribution < -0.4 is 23.5 Å². The molecule has 0 saturated heterocycles. The van der Waals surface area contributed by atoms with Crippen molar-refractivity contribution in [2.45, 2.75) is 78.6 Å². The topological polar surface area (TPSA) is 123 Å². The number of hydrogen-bond donors (Lipinski definition) is 0. The molecule has 0 spiro atoms. The van der Waals surface area contributed by atoms with Gasteiger partial charge in [0.1, 0.15) is 11.3 Å². The van der Waals surface area contributed by atoms with E-state index in [-0.39, 0.29) is 52.0 Å². The molecule has 0 N–H and O–H groups in total. The van der Waals surface area contributed by atoms with Gasteiger partial charge in [-0.3, -0.25) is 20.2 Å². The molecule has 113 heavy (non-hydrogen) atoms. The summed E-state index contributed by atoms with van der Waals surface area (Å²) in [5.41, 5.74) is 9.49. The molecule has 0 fully saturated rings. The van der Waals surface area contributed by atoms with E-state index >= 15 is 4.57 Å². The fourth-order valence-corrected chi connectivity index (χ4v) is 18.0. The van der Waals surface area contributed by atoms with Crippen LogP contribution in [0.1, 0.15) is 83.9 Å². The maximum absolute atomic E-state index is 16.1. The van der Waals surface area contributed by atoms with Crippen molar-refractivity contribution in [1.29, 1.82) is 0 Å². The van der Waals surface area contributed by atoms with Gasteiger partial charge in [-0.25, -0.2) is 4.98 Å². The first-order chi connectivity index (χ1) is 53.8. The van der Waals surface area contributed by atoms with Crippen molar-refractivity contribution in [2.24, 2.45) is 0 Å². The molecule has 0 aliphatic heterocycles. The van der Waals surface area contributed by atoms with Crippen molar-refractivity contribution >= 4 is 114 Å². The first-order valence-electron chi connectivity index (χ1n) is 37.3.